The maximum absolute atomic E-state index is 15.0. The average Bonchev–Trinajstić information content (AvgIpc) is 3.59. The predicted molar refractivity (Wildman–Crippen MR) is 182 cm³/mol. The number of aliphatic hydroxyl groups excluding tert-OH is 1. The van der Waals surface area contributed by atoms with E-state index in [1.807, 2.05) is 56.3 Å². The molecule has 240 valence electrons. The number of halogens is 1. The van der Waals surface area contributed by atoms with Crippen LogP contribution in [-0.2, 0) is 20.9 Å². The Labute approximate surface area is 276 Å². The number of hydrogen-bond donors (Lipinski definition) is 1. The van der Waals surface area contributed by atoms with Crippen LogP contribution >= 0.6 is 23.4 Å². The third kappa shape index (κ3) is 5.85. The molecule has 2 unspecified atom stereocenters. The molecule has 3 fully saturated rings. The highest BCUT2D eigenvalue weighted by molar-refractivity contribution is 8.02. The summed E-state index contributed by atoms with van der Waals surface area (Å²) < 4.78 is -1.36. The summed E-state index contributed by atoms with van der Waals surface area (Å²) >= 11 is 8.25. The lowest BCUT2D eigenvalue weighted by Gasteiger charge is -2.40. The fourth-order valence-corrected chi connectivity index (χ4v) is 10.4. The van der Waals surface area contributed by atoms with E-state index in [0.717, 1.165) is 5.56 Å². The van der Waals surface area contributed by atoms with Gasteiger partial charge >= 0.3 is 0 Å². The molecule has 0 radical (unpaired) electrons. The average molecular weight is 650 g/mol. The topological polar surface area (TPSA) is 81.2 Å². The summed E-state index contributed by atoms with van der Waals surface area (Å²) in [7, 11) is 0. The van der Waals surface area contributed by atoms with Crippen LogP contribution in [0.4, 0.5) is 5.69 Å². The minimum absolute atomic E-state index is 0.0970. The van der Waals surface area contributed by atoms with Crippen LogP contribution in [0.1, 0.15) is 45.6 Å². The van der Waals surface area contributed by atoms with Gasteiger partial charge in [-0.2, -0.15) is 0 Å². The van der Waals surface area contributed by atoms with E-state index in [9.17, 15) is 19.5 Å². The third-order valence-corrected chi connectivity index (χ3v) is 12.0. The van der Waals surface area contributed by atoms with E-state index in [1.54, 1.807) is 50.7 Å². The highest BCUT2D eigenvalue weighted by atomic mass is 35.5. The number of nitrogens with zero attached hydrogens (tertiary/aromatic N) is 3. The number of carbonyl (C=O) groups is 3. The fourth-order valence-electron chi connectivity index (χ4n) is 7.88. The van der Waals surface area contributed by atoms with Crippen LogP contribution in [0, 0.1) is 17.8 Å². The zero-order chi connectivity index (χ0) is 32.5. The zero-order valence-electron chi connectivity index (χ0n) is 26.4. The monoisotopic (exact) mass is 649 g/mol. The van der Waals surface area contributed by atoms with E-state index in [-0.39, 0.29) is 36.8 Å². The van der Waals surface area contributed by atoms with Crippen molar-refractivity contribution in [1.82, 2.24) is 9.80 Å². The van der Waals surface area contributed by atoms with Crippen LogP contribution in [0.2, 0.25) is 5.02 Å². The lowest BCUT2D eigenvalue weighted by atomic mass is 9.66. The molecule has 6 atom stereocenters. The Hall–Kier alpha value is -3.07. The van der Waals surface area contributed by atoms with Gasteiger partial charge in [-0.25, -0.2) is 0 Å². The molecule has 3 saturated heterocycles. The maximum atomic E-state index is 15.0. The number of para-hydroxylation sites is 1. The van der Waals surface area contributed by atoms with Crippen molar-refractivity contribution in [3.05, 3.63) is 90.5 Å². The normalized spacial score (nSPS) is 27.4. The van der Waals surface area contributed by atoms with Crippen LogP contribution in [0.25, 0.3) is 0 Å². The molecule has 2 bridgehead atoms. The molecule has 1 N–H and O–H groups in total. The second kappa shape index (κ2) is 13.3. The molecule has 2 aromatic rings. The van der Waals surface area contributed by atoms with Crippen LogP contribution in [0.15, 0.2) is 79.9 Å². The van der Waals surface area contributed by atoms with Gasteiger partial charge in [0.2, 0.25) is 11.8 Å². The summed E-state index contributed by atoms with van der Waals surface area (Å²) in [4.78, 5) is 49.5. The Morgan fingerprint density at radius 1 is 1.07 bits per heavy atom. The van der Waals surface area contributed by atoms with Gasteiger partial charge in [0.1, 0.15) is 6.04 Å². The van der Waals surface area contributed by atoms with Gasteiger partial charge in [0.15, 0.2) is 0 Å². The number of carbonyl (C=O) groups excluding carboxylic acids is 3. The van der Waals surface area contributed by atoms with E-state index in [2.05, 4.69) is 20.1 Å². The molecule has 3 amide bonds. The second-order valence-corrected chi connectivity index (χ2v) is 15.4. The van der Waals surface area contributed by atoms with E-state index in [4.69, 9.17) is 11.6 Å². The smallest absolute Gasteiger partial charge is 0.251 e. The Morgan fingerprint density at radius 3 is 2.36 bits per heavy atom. The molecule has 3 aliphatic heterocycles. The van der Waals surface area contributed by atoms with Crippen LogP contribution in [0.3, 0.4) is 0 Å². The summed E-state index contributed by atoms with van der Waals surface area (Å²) in [6, 6.07) is 15.5. The van der Waals surface area contributed by atoms with Gasteiger partial charge in [0, 0.05) is 24.4 Å². The lowest BCUT2D eigenvalue weighted by molar-refractivity contribution is -0.147. The lowest BCUT2D eigenvalue weighted by Crippen LogP contribution is -2.58. The third-order valence-electron chi connectivity index (χ3n) is 9.66. The van der Waals surface area contributed by atoms with Gasteiger partial charge in [-0.3, -0.25) is 14.4 Å². The largest absolute Gasteiger partial charge is 0.394 e. The molecule has 3 heterocycles. The van der Waals surface area contributed by atoms with Crippen molar-refractivity contribution in [3.63, 3.8) is 0 Å². The molecule has 2 aromatic carbocycles. The number of thioether (sulfide) groups is 1. The van der Waals surface area contributed by atoms with Crippen LogP contribution in [0.5, 0.6) is 0 Å². The molecule has 1 spiro atoms. The van der Waals surface area contributed by atoms with E-state index in [1.165, 1.54) is 0 Å². The first-order chi connectivity index (χ1) is 21.5. The number of likely N-dealkylation sites (tertiary alicyclic amines) is 1. The van der Waals surface area contributed by atoms with Crippen LogP contribution in [-0.4, -0.2) is 73.9 Å². The fraction of sp³-hybridized carbons (Fsp3) is 0.472. The number of aliphatic hydroxyl groups is 1. The minimum Gasteiger partial charge on any atom is -0.394 e. The van der Waals surface area contributed by atoms with Gasteiger partial charge in [-0.15, -0.1) is 24.9 Å². The number of amides is 3. The quantitative estimate of drug-likeness (QED) is 0.271. The first-order valence-corrected chi connectivity index (χ1v) is 17.0. The van der Waals surface area contributed by atoms with Crippen LogP contribution < -0.4 is 4.90 Å². The molecule has 45 heavy (non-hydrogen) atoms. The van der Waals surface area contributed by atoms with Gasteiger partial charge in [-0.05, 0) is 49.8 Å². The van der Waals surface area contributed by atoms with E-state index >= 15 is 0 Å². The molecular formula is C36H44ClN3O4S. The van der Waals surface area contributed by atoms with Crippen molar-refractivity contribution in [2.24, 2.45) is 17.8 Å². The highest BCUT2D eigenvalue weighted by Crippen LogP contribution is 2.72. The number of hydrogen-bond acceptors (Lipinski definition) is 5. The van der Waals surface area contributed by atoms with Gasteiger partial charge in [0.25, 0.3) is 5.91 Å². The zero-order valence-corrected chi connectivity index (χ0v) is 28.0. The SMILES string of the molecule is C=CCN(Cc1ccccc1)C(=O)[C@@H]1[C@H]2C(=O)N([C@@H](CO)CC(C)C)C(C(=O)N(CC=C)c3ccccc3Cl)C23CC[C@@]1(C)S3. The van der Waals surface area contributed by atoms with Crippen molar-refractivity contribution in [3.8, 4) is 0 Å². The number of benzene rings is 2. The second-order valence-electron chi connectivity index (χ2n) is 13.1. The standard InChI is InChI=1S/C36H44ClN3O4S/c1-6-19-38(22-25-13-9-8-10-14-25)32(42)29-30-33(43)40(26(23-41)21-24(3)4)31(36(30)18-17-35(29,5)45-36)34(44)39(20-7-2)28-16-12-11-15-27(28)37/h6-16,24,26,29-31,41H,1-2,17-23H2,3-5H3/t26-,29+,30+,31?,35-,36?/m1/s1. The van der Waals surface area contributed by atoms with Crippen molar-refractivity contribution < 1.29 is 19.5 Å². The Kier molecular flexibility index (Phi) is 9.87. The molecule has 0 aliphatic carbocycles. The summed E-state index contributed by atoms with van der Waals surface area (Å²) in [6.07, 6.45) is 5.21. The van der Waals surface area contributed by atoms with E-state index < -0.39 is 33.4 Å². The van der Waals surface area contributed by atoms with E-state index in [0.29, 0.717) is 43.1 Å². The van der Waals surface area contributed by atoms with Gasteiger partial charge in [-0.1, -0.05) is 80.1 Å². The van der Waals surface area contributed by atoms with Gasteiger partial charge < -0.3 is 19.8 Å². The van der Waals surface area contributed by atoms with Crippen molar-refractivity contribution in [1.29, 1.82) is 0 Å². The molecule has 7 nitrogen and oxygen atoms in total. The summed E-state index contributed by atoms with van der Waals surface area (Å²) in [5, 5.41) is 11.1. The first kappa shape index (κ1) is 33.3. The Morgan fingerprint density at radius 2 is 1.73 bits per heavy atom. The molecule has 9 heteroatoms. The molecule has 0 aromatic heterocycles. The molecule has 5 rings (SSSR count). The van der Waals surface area contributed by atoms with Crippen molar-refractivity contribution in [2.45, 2.75) is 68.2 Å². The number of fused-ring (bicyclic) bond motifs is 1. The molecule has 0 saturated carbocycles. The summed E-state index contributed by atoms with van der Waals surface area (Å²) in [5.74, 6) is -1.75. The predicted octanol–water partition coefficient (Wildman–Crippen LogP) is 5.96. The number of rotatable bonds is 13. The summed E-state index contributed by atoms with van der Waals surface area (Å²) in [6.45, 7) is 14.6. The molecule has 3 aliphatic rings. The maximum Gasteiger partial charge on any atom is 0.251 e. The highest BCUT2D eigenvalue weighted by Gasteiger charge is 2.78. The van der Waals surface area contributed by atoms with Crippen molar-refractivity contribution in [2.75, 3.05) is 24.6 Å². The van der Waals surface area contributed by atoms with Crippen molar-refractivity contribution >= 4 is 46.8 Å². The Balaban J connectivity index is 1.61. The molecular weight excluding hydrogens is 606 g/mol. The first-order valence-electron chi connectivity index (χ1n) is 15.8. The minimum atomic E-state index is -0.881. The van der Waals surface area contributed by atoms with Gasteiger partial charge in [0.05, 0.1) is 39.9 Å². The number of anilines is 1. The Bertz CT molecular complexity index is 1450. The summed E-state index contributed by atoms with van der Waals surface area (Å²) in [5.41, 5.74) is 1.53.